The van der Waals surface area contributed by atoms with Gasteiger partial charge in [-0.1, -0.05) is 6.92 Å². The fraction of sp³-hybridized carbons (Fsp3) is 0.933. The number of hydrogen-bond donors (Lipinski definition) is 1. The van der Waals surface area contributed by atoms with Gasteiger partial charge < -0.3 is 10.1 Å². The van der Waals surface area contributed by atoms with Crippen LogP contribution in [0.1, 0.15) is 45.4 Å². The lowest BCUT2D eigenvalue weighted by Crippen LogP contribution is -2.69. The Labute approximate surface area is 110 Å². The standard InChI is InChI=1S/C15H25NO2/c1-3-4-16-15(14(17)18-2)12-6-10-5-11(8-12)9-13(15)7-10/h10-13,16H,3-9H2,1-2H3. The smallest absolute Gasteiger partial charge is 0.326 e. The van der Waals surface area contributed by atoms with Gasteiger partial charge in [0.2, 0.25) is 0 Å². The monoisotopic (exact) mass is 251 g/mol. The van der Waals surface area contributed by atoms with Gasteiger partial charge in [0.15, 0.2) is 0 Å². The highest BCUT2D eigenvalue weighted by atomic mass is 16.5. The fourth-order valence-electron chi connectivity index (χ4n) is 5.12. The summed E-state index contributed by atoms with van der Waals surface area (Å²) in [6.45, 7) is 3.09. The summed E-state index contributed by atoms with van der Waals surface area (Å²) in [6.07, 6.45) is 7.43. The summed E-state index contributed by atoms with van der Waals surface area (Å²) in [5.74, 6) is 2.81. The van der Waals surface area contributed by atoms with Crippen molar-refractivity contribution in [1.82, 2.24) is 5.32 Å². The van der Waals surface area contributed by atoms with Crippen LogP contribution in [0, 0.1) is 23.7 Å². The molecule has 18 heavy (non-hydrogen) atoms. The maximum atomic E-state index is 12.4. The number of carbonyl (C=O) groups excluding carboxylic acids is 1. The number of esters is 1. The Morgan fingerprint density at radius 1 is 1.17 bits per heavy atom. The van der Waals surface area contributed by atoms with Crippen LogP contribution in [0.2, 0.25) is 0 Å². The molecule has 4 bridgehead atoms. The molecular weight excluding hydrogens is 226 g/mol. The van der Waals surface area contributed by atoms with E-state index < -0.39 is 0 Å². The first-order chi connectivity index (χ1) is 8.70. The van der Waals surface area contributed by atoms with Gasteiger partial charge in [-0.05, 0) is 68.7 Å². The number of methoxy groups -OCH3 is 1. The van der Waals surface area contributed by atoms with Crippen LogP contribution >= 0.6 is 0 Å². The first-order valence-electron chi connectivity index (χ1n) is 7.54. The van der Waals surface area contributed by atoms with E-state index in [9.17, 15) is 4.79 Å². The van der Waals surface area contributed by atoms with E-state index in [1.807, 2.05) is 0 Å². The van der Waals surface area contributed by atoms with Crippen LogP contribution in [0.5, 0.6) is 0 Å². The molecule has 0 aliphatic heterocycles. The first kappa shape index (κ1) is 12.5. The van der Waals surface area contributed by atoms with E-state index in [-0.39, 0.29) is 11.5 Å². The normalized spacial score (nSPS) is 45.2. The minimum atomic E-state index is -0.349. The summed E-state index contributed by atoms with van der Waals surface area (Å²) >= 11 is 0. The van der Waals surface area contributed by atoms with Crippen LogP contribution in [0.3, 0.4) is 0 Å². The molecule has 1 N–H and O–H groups in total. The molecule has 4 fully saturated rings. The van der Waals surface area contributed by atoms with Gasteiger partial charge in [0.05, 0.1) is 7.11 Å². The van der Waals surface area contributed by atoms with E-state index in [1.165, 1.54) is 32.1 Å². The maximum absolute atomic E-state index is 12.4. The van der Waals surface area contributed by atoms with Gasteiger partial charge in [0.1, 0.15) is 5.54 Å². The molecule has 102 valence electrons. The molecular formula is C15H25NO2. The van der Waals surface area contributed by atoms with Gasteiger partial charge in [0.25, 0.3) is 0 Å². The zero-order chi connectivity index (χ0) is 12.8. The maximum Gasteiger partial charge on any atom is 0.326 e. The minimum absolute atomic E-state index is 0.00440. The van der Waals surface area contributed by atoms with Gasteiger partial charge in [0, 0.05) is 0 Å². The third kappa shape index (κ3) is 1.63. The van der Waals surface area contributed by atoms with Gasteiger partial charge in [-0.2, -0.15) is 0 Å². The molecule has 0 unspecified atom stereocenters. The summed E-state index contributed by atoms with van der Waals surface area (Å²) in [4.78, 5) is 12.4. The molecule has 0 amide bonds. The minimum Gasteiger partial charge on any atom is -0.468 e. The SMILES string of the molecule is CCCNC1(C(=O)OC)C2CC3CC(C2)CC1C3. The van der Waals surface area contributed by atoms with Crippen LogP contribution in [0.25, 0.3) is 0 Å². The molecule has 3 heteroatoms. The highest BCUT2D eigenvalue weighted by molar-refractivity contribution is 5.82. The van der Waals surface area contributed by atoms with E-state index in [4.69, 9.17) is 4.74 Å². The molecule has 3 nitrogen and oxygen atoms in total. The zero-order valence-electron chi connectivity index (χ0n) is 11.6. The van der Waals surface area contributed by atoms with E-state index in [1.54, 1.807) is 7.11 Å². The van der Waals surface area contributed by atoms with Gasteiger partial charge in [-0.3, -0.25) is 4.79 Å². The molecule has 0 radical (unpaired) electrons. The Morgan fingerprint density at radius 3 is 2.17 bits per heavy atom. The van der Waals surface area contributed by atoms with Gasteiger partial charge >= 0.3 is 5.97 Å². The van der Waals surface area contributed by atoms with Crippen molar-refractivity contribution in [3.05, 3.63) is 0 Å². The Bertz CT molecular complexity index is 311. The Morgan fingerprint density at radius 2 is 1.72 bits per heavy atom. The van der Waals surface area contributed by atoms with Crippen molar-refractivity contribution in [2.75, 3.05) is 13.7 Å². The third-order valence-corrected chi connectivity index (χ3v) is 5.62. The van der Waals surface area contributed by atoms with Crippen molar-refractivity contribution in [3.63, 3.8) is 0 Å². The molecule has 0 heterocycles. The number of ether oxygens (including phenoxy) is 1. The predicted octanol–water partition coefficient (Wildman–Crippen LogP) is 2.35. The highest BCUT2D eigenvalue weighted by Crippen LogP contribution is 2.58. The van der Waals surface area contributed by atoms with Crippen LogP contribution in [-0.2, 0) is 9.53 Å². The molecule has 4 aliphatic rings. The second-order valence-electron chi connectivity index (χ2n) is 6.59. The average molecular weight is 251 g/mol. The van der Waals surface area contributed by atoms with Crippen molar-refractivity contribution in [2.24, 2.45) is 23.7 Å². The Balaban J connectivity index is 1.90. The van der Waals surface area contributed by atoms with Crippen molar-refractivity contribution < 1.29 is 9.53 Å². The van der Waals surface area contributed by atoms with Crippen LogP contribution in [-0.4, -0.2) is 25.2 Å². The van der Waals surface area contributed by atoms with Crippen molar-refractivity contribution in [3.8, 4) is 0 Å². The number of nitrogens with one attached hydrogen (secondary N) is 1. The van der Waals surface area contributed by atoms with E-state index in [2.05, 4.69) is 12.2 Å². The fourth-order valence-corrected chi connectivity index (χ4v) is 5.12. The molecule has 4 saturated carbocycles. The van der Waals surface area contributed by atoms with E-state index >= 15 is 0 Å². The van der Waals surface area contributed by atoms with Crippen molar-refractivity contribution in [1.29, 1.82) is 0 Å². The van der Waals surface area contributed by atoms with Crippen molar-refractivity contribution in [2.45, 2.75) is 51.0 Å². The van der Waals surface area contributed by atoms with E-state index in [0.29, 0.717) is 11.8 Å². The molecule has 0 aromatic heterocycles. The van der Waals surface area contributed by atoms with Gasteiger partial charge in [-0.25, -0.2) is 0 Å². The zero-order valence-corrected chi connectivity index (χ0v) is 11.6. The molecule has 0 spiro atoms. The van der Waals surface area contributed by atoms with E-state index in [0.717, 1.165) is 24.8 Å². The third-order valence-electron chi connectivity index (χ3n) is 5.62. The molecule has 0 aromatic rings. The topological polar surface area (TPSA) is 38.3 Å². The number of carbonyl (C=O) groups is 1. The Hall–Kier alpha value is -0.570. The second-order valence-corrected chi connectivity index (χ2v) is 6.59. The molecule has 4 aliphatic carbocycles. The summed E-state index contributed by atoms with van der Waals surface area (Å²) in [7, 11) is 1.54. The molecule has 0 aromatic carbocycles. The van der Waals surface area contributed by atoms with Gasteiger partial charge in [-0.15, -0.1) is 0 Å². The van der Waals surface area contributed by atoms with Crippen LogP contribution in [0.4, 0.5) is 0 Å². The summed E-state index contributed by atoms with van der Waals surface area (Å²) in [5, 5.41) is 3.60. The largest absolute Gasteiger partial charge is 0.468 e. The highest BCUT2D eigenvalue weighted by Gasteiger charge is 2.61. The average Bonchev–Trinajstić information content (AvgIpc) is 2.37. The lowest BCUT2D eigenvalue weighted by molar-refractivity contribution is -0.168. The lowest BCUT2D eigenvalue weighted by Gasteiger charge is -2.59. The number of hydrogen-bond acceptors (Lipinski definition) is 3. The lowest BCUT2D eigenvalue weighted by atomic mass is 9.48. The summed E-state index contributed by atoms with van der Waals surface area (Å²) in [6, 6.07) is 0. The predicted molar refractivity (Wildman–Crippen MR) is 70.1 cm³/mol. The van der Waals surface area contributed by atoms with Crippen LogP contribution in [0.15, 0.2) is 0 Å². The number of rotatable bonds is 4. The first-order valence-corrected chi connectivity index (χ1v) is 7.54. The van der Waals surface area contributed by atoms with Crippen LogP contribution < -0.4 is 5.32 Å². The second kappa shape index (κ2) is 4.52. The molecule has 0 atom stereocenters. The summed E-state index contributed by atoms with van der Waals surface area (Å²) in [5.41, 5.74) is -0.349. The quantitative estimate of drug-likeness (QED) is 0.779. The molecule has 4 rings (SSSR count). The van der Waals surface area contributed by atoms with Crippen molar-refractivity contribution >= 4 is 5.97 Å². The Kier molecular flexibility index (Phi) is 3.13. The summed E-state index contributed by atoms with van der Waals surface area (Å²) < 4.78 is 5.18. The molecule has 0 saturated heterocycles.